The normalized spacial score (nSPS) is 25.7. The lowest BCUT2D eigenvalue weighted by Gasteiger charge is -2.27. The summed E-state index contributed by atoms with van der Waals surface area (Å²) in [6.07, 6.45) is 0. The molecule has 0 saturated carbocycles. The summed E-state index contributed by atoms with van der Waals surface area (Å²) >= 11 is 4.54. The highest BCUT2D eigenvalue weighted by Gasteiger charge is 2.67. The van der Waals surface area contributed by atoms with Crippen molar-refractivity contribution in [2.24, 2.45) is 0 Å². The van der Waals surface area contributed by atoms with Gasteiger partial charge in [0.15, 0.2) is 11.7 Å². The van der Waals surface area contributed by atoms with Gasteiger partial charge < -0.3 is 0 Å². The molecule has 0 aromatic heterocycles. The predicted octanol–water partition coefficient (Wildman–Crippen LogP) is 3.84. The molecule has 0 amide bonds. The lowest BCUT2D eigenvalue weighted by Crippen LogP contribution is -2.44. The molecule has 1 aliphatic rings. The molecule has 0 radical (unpaired) electrons. The standard InChI is InChI=1S/C6ClF7/c7-1-2(8)4(10)6(13,14)5(11,12)3(1)9. The smallest absolute Gasteiger partial charge is 0.203 e. The summed E-state index contributed by atoms with van der Waals surface area (Å²) in [7, 11) is 0. The van der Waals surface area contributed by atoms with Crippen molar-refractivity contribution in [3.05, 3.63) is 22.5 Å². The zero-order chi connectivity index (χ0) is 11.3. The predicted molar refractivity (Wildman–Crippen MR) is 33.1 cm³/mol. The van der Waals surface area contributed by atoms with Gasteiger partial charge in [-0.3, -0.25) is 0 Å². The molecule has 1 aliphatic carbocycles. The van der Waals surface area contributed by atoms with Crippen molar-refractivity contribution < 1.29 is 30.7 Å². The van der Waals surface area contributed by atoms with Crippen LogP contribution in [-0.4, -0.2) is 11.8 Å². The Balaban J connectivity index is 3.48. The molecule has 0 N–H and O–H groups in total. The van der Waals surface area contributed by atoms with Crippen LogP contribution in [0.4, 0.5) is 30.7 Å². The Bertz CT molecular complexity index is 306. The second kappa shape index (κ2) is 2.88. The third kappa shape index (κ3) is 1.14. The maximum atomic E-state index is 12.4. The van der Waals surface area contributed by atoms with Crippen molar-refractivity contribution in [3.63, 3.8) is 0 Å². The average Bonchev–Trinajstić information content (AvgIpc) is 2.10. The Morgan fingerprint density at radius 2 is 1.14 bits per heavy atom. The van der Waals surface area contributed by atoms with Gasteiger partial charge in [-0.2, -0.15) is 17.6 Å². The van der Waals surface area contributed by atoms with Crippen molar-refractivity contribution in [2.75, 3.05) is 0 Å². The van der Waals surface area contributed by atoms with Gasteiger partial charge in [-0.1, -0.05) is 11.6 Å². The fourth-order valence-corrected chi connectivity index (χ4v) is 0.946. The Morgan fingerprint density at radius 1 is 0.786 bits per heavy atom. The lowest BCUT2D eigenvalue weighted by atomic mass is 10.0. The molecule has 0 saturated heterocycles. The first kappa shape index (κ1) is 11.4. The van der Waals surface area contributed by atoms with Crippen LogP contribution in [0.3, 0.4) is 0 Å². The van der Waals surface area contributed by atoms with Crippen molar-refractivity contribution in [3.8, 4) is 0 Å². The molecule has 0 spiro atoms. The zero-order valence-electron chi connectivity index (χ0n) is 6.02. The minimum absolute atomic E-state index is 1.97. The first-order chi connectivity index (χ1) is 6.14. The Labute approximate surface area is 77.6 Å². The van der Waals surface area contributed by atoms with Gasteiger partial charge in [0.05, 0.1) is 0 Å². The molecule has 0 bridgehead atoms. The van der Waals surface area contributed by atoms with E-state index in [0.29, 0.717) is 0 Å². The maximum Gasteiger partial charge on any atom is 0.370 e. The molecule has 0 fully saturated rings. The highest BCUT2D eigenvalue weighted by molar-refractivity contribution is 6.32. The molecule has 0 unspecified atom stereocenters. The van der Waals surface area contributed by atoms with Gasteiger partial charge in [0.2, 0.25) is 5.83 Å². The van der Waals surface area contributed by atoms with Crippen molar-refractivity contribution in [2.45, 2.75) is 11.8 Å². The van der Waals surface area contributed by atoms with E-state index in [4.69, 9.17) is 0 Å². The van der Waals surface area contributed by atoms with Gasteiger partial charge >= 0.3 is 11.8 Å². The van der Waals surface area contributed by atoms with Gasteiger partial charge in [0, 0.05) is 0 Å². The molecule has 0 aromatic rings. The third-order valence-electron chi connectivity index (χ3n) is 1.52. The van der Waals surface area contributed by atoms with Gasteiger partial charge in [0.1, 0.15) is 5.03 Å². The van der Waals surface area contributed by atoms with Crippen LogP contribution in [0.1, 0.15) is 0 Å². The minimum atomic E-state index is -5.56. The van der Waals surface area contributed by atoms with Gasteiger partial charge in [-0.15, -0.1) is 0 Å². The SMILES string of the molecule is FC1=C(F)C(F)(F)C(F)(F)C(F)=C1Cl. The van der Waals surface area contributed by atoms with E-state index < -0.39 is 34.4 Å². The van der Waals surface area contributed by atoms with Crippen LogP contribution in [0.15, 0.2) is 22.5 Å². The molecule has 0 nitrogen and oxygen atoms in total. The van der Waals surface area contributed by atoms with Crippen LogP contribution in [0.25, 0.3) is 0 Å². The molecule has 1 rings (SSSR count). The van der Waals surface area contributed by atoms with Crippen LogP contribution in [0.5, 0.6) is 0 Å². The summed E-state index contributed by atoms with van der Waals surface area (Å²) < 4.78 is 86.2. The lowest BCUT2D eigenvalue weighted by molar-refractivity contribution is -0.184. The topological polar surface area (TPSA) is 0 Å². The Hall–Kier alpha value is -0.720. The first-order valence-corrected chi connectivity index (χ1v) is 3.39. The number of hydrogen-bond acceptors (Lipinski definition) is 0. The Morgan fingerprint density at radius 3 is 1.57 bits per heavy atom. The van der Waals surface area contributed by atoms with Crippen molar-refractivity contribution in [1.82, 2.24) is 0 Å². The van der Waals surface area contributed by atoms with E-state index in [0.717, 1.165) is 0 Å². The van der Waals surface area contributed by atoms with Crippen molar-refractivity contribution >= 4 is 11.6 Å². The summed E-state index contributed by atoms with van der Waals surface area (Å²) in [6.45, 7) is 0. The molecule has 14 heavy (non-hydrogen) atoms. The van der Waals surface area contributed by atoms with Crippen LogP contribution < -0.4 is 0 Å². The van der Waals surface area contributed by atoms with Crippen molar-refractivity contribution in [1.29, 1.82) is 0 Å². The Kier molecular flexibility index (Phi) is 2.34. The fourth-order valence-electron chi connectivity index (χ4n) is 0.744. The fraction of sp³-hybridized carbons (Fsp3) is 0.333. The summed E-state index contributed by atoms with van der Waals surface area (Å²) in [5.74, 6) is -19.5. The molecule has 0 aromatic carbocycles. The summed E-state index contributed by atoms with van der Waals surface area (Å²) in [6, 6.07) is 0. The quantitative estimate of drug-likeness (QED) is 0.564. The van der Waals surface area contributed by atoms with E-state index in [1.807, 2.05) is 0 Å². The molecule has 8 heteroatoms. The van der Waals surface area contributed by atoms with E-state index in [1.165, 1.54) is 0 Å². The monoisotopic (exact) mass is 240 g/mol. The molecule has 0 atom stereocenters. The van der Waals surface area contributed by atoms with E-state index in [1.54, 1.807) is 0 Å². The zero-order valence-corrected chi connectivity index (χ0v) is 6.78. The van der Waals surface area contributed by atoms with Gasteiger partial charge in [-0.25, -0.2) is 13.2 Å². The largest absolute Gasteiger partial charge is 0.370 e. The summed E-state index contributed by atoms with van der Waals surface area (Å²) in [5, 5.41) is -1.97. The highest BCUT2D eigenvalue weighted by atomic mass is 35.5. The van der Waals surface area contributed by atoms with Crippen LogP contribution in [-0.2, 0) is 0 Å². The van der Waals surface area contributed by atoms with E-state index >= 15 is 0 Å². The molecule has 80 valence electrons. The van der Waals surface area contributed by atoms with Crippen LogP contribution in [0.2, 0.25) is 0 Å². The molecule has 0 aliphatic heterocycles. The van der Waals surface area contributed by atoms with E-state index in [-0.39, 0.29) is 0 Å². The van der Waals surface area contributed by atoms with Gasteiger partial charge in [-0.05, 0) is 0 Å². The highest BCUT2D eigenvalue weighted by Crippen LogP contribution is 2.53. The molecule has 0 heterocycles. The number of rotatable bonds is 0. The number of halogens is 8. The van der Waals surface area contributed by atoms with Gasteiger partial charge in [0.25, 0.3) is 0 Å². The summed E-state index contributed by atoms with van der Waals surface area (Å²) in [4.78, 5) is 0. The summed E-state index contributed by atoms with van der Waals surface area (Å²) in [5.41, 5.74) is 0. The average molecular weight is 241 g/mol. The van der Waals surface area contributed by atoms with Crippen LogP contribution >= 0.6 is 11.6 Å². The minimum Gasteiger partial charge on any atom is -0.203 e. The number of hydrogen-bond donors (Lipinski definition) is 0. The second-order valence-corrected chi connectivity index (χ2v) is 2.78. The maximum absolute atomic E-state index is 12.4. The molecular weight excluding hydrogens is 241 g/mol. The van der Waals surface area contributed by atoms with E-state index in [9.17, 15) is 30.7 Å². The number of allylic oxidation sites excluding steroid dienone is 4. The first-order valence-electron chi connectivity index (χ1n) is 3.01. The van der Waals surface area contributed by atoms with E-state index in [2.05, 4.69) is 11.6 Å². The number of alkyl halides is 4. The third-order valence-corrected chi connectivity index (χ3v) is 1.86. The van der Waals surface area contributed by atoms with Crippen LogP contribution in [0, 0.1) is 0 Å². The second-order valence-electron chi connectivity index (χ2n) is 2.40. The molecular formula is C6ClF7.